The molecule has 1 unspecified atom stereocenters. The lowest BCUT2D eigenvalue weighted by molar-refractivity contribution is -0.190. The standard InChI is InChI=1S/C13H14F3N3O2/c1-12(17,13(14,15)16)11-18-10(19-21-11)7-8-3-5-9(20-2)6-4-8/h3-6H,7,17H2,1-2H3. The fourth-order valence-electron chi connectivity index (χ4n) is 1.58. The van der Waals surface area contributed by atoms with Crippen LogP contribution in [0.25, 0.3) is 0 Å². The molecule has 1 aromatic carbocycles. The predicted molar refractivity (Wildman–Crippen MR) is 67.7 cm³/mol. The Morgan fingerprint density at radius 1 is 1.24 bits per heavy atom. The first-order valence-electron chi connectivity index (χ1n) is 6.05. The van der Waals surface area contributed by atoms with Gasteiger partial charge in [0.15, 0.2) is 11.4 Å². The van der Waals surface area contributed by atoms with E-state index in [0.29, 0.717) is 5.75 Å². The molecule has 1 aromatic heterocycles. The molecule has 0 aliphatic heterocycles. The number of aromatic nitrogens is 2. The number of ether oxygens (including phenoxy) is 1. The zero-order valence-electron chi connectivity index (χ0n) is 11.4. The SMILES string of the molecule is COc1ccc(Cc2noc(C(C)(N)C(F)(F)F)n2)cc1. The Hall–Kier alpha value is -2.09. The smallest absolute Gasteiger partial charge is 0.415 e. The van der Waals surface area contributed by atoms with Crippen molar-refractivity contribution in [2.45, 2.75) is 25.1 Å². The van der Waals surface area contributed by atoms with E-state index in [9.17, 15) is 13.2 Å². The molecular weight excluding hydrogens is 287 g/mol. The zero-order chi connectivity index (χ0) is 15.7. The Morgan fingerprint density at radius 2 is 1.86 bits per heavy atom. The number of benzene rings is 1. The highest BCUT2D eigenvalue weighted by Gasteiger charge is 2.53. The first-order valence-corrected chi connectivity index (χ1v) is 6.05. The number of rotatable bonds is 4. The summed E-state index contributed by atoms with van der Waals surface area (Å²) in [5.74, 6) is 0.161. The fourth-order valence-corrected chi connectivity index (χ4v) is 1.58. The van der Waals surface area contributed by atoms with Crippen LogP contribution in [0.3, 0.4) is 0 Å². The van der Waals surface area contributed by atoms with E-state index in [2.05, 4.69) is 14.7 Å². The molecule has 0 saturated carbocycles. The Kier molecular flexibility index (Phi) is 3.91. The maximum atomic E-state index is 12.8. The van der Waals surface area contributed by atoms with E-state index in [1.165, 1.54) is 0 Å². The molecule has 2 aromatic rings. The number of hydrogen-bond donors (Lipinski definition) is 1. The van der Waals surface area contributed by atoms with Crippen LogP contribution in [0.15, 0.2) is 28.8 Å². The van der Waals surface area contributed by atoms with Gasteiger partial charge in [-0.15, -0.1) is 0 Å². The lowest BCUT2D eigenvalue weighted by Crippen LogP contribution is -2.48. The first kappa shape index (κ1) is 15.3. The lowest BCUT2D eigenvalue weighted by atomic mass is 10.0. The summed E-state index contributed by atoms with van der Waals surface area (Å²) in [4.78, 5) is 3.73. The number of hydrogen-bond acceptors (Lipinski definition) is 5. The molecule has 1 heterocycles. The van der Waals surface area contributed by atoms with Gasteiger partial charge in [0.05, 0.1) is 7.11 Å². The van der Waals surface area contributed by atoms with Crippen LogP contribution in [-0.2, 0) is 12.0 Å². The van der Waals surface area contributed by atoms with Crippen LogP contribution < -0.4 is 10.5 Å². The van der Waals surface area contributed by atoms with Gasteiger partial charge >= 0.3 is 6.18 Å². The minimum Gasteiger partial charge on any atom is -0.497 e. The average Bonchev–Trinajstić information content (AvgIpc) is 2.87. The van der Waals surface area contributed by atoms with Crippen molar-refractivity contribution in [3.05, 3.63) is 41.5 Å². The Labute approximate surface area is 118 Å². The molecule has 0 radical (unpaired) electrons. The van der Waals surface area contributed by atoms with Crippen molar-refractivity contribution in [2.24, 2.45) is 5.73 Å². The summed E-state index contributed by atoms with van der Waals surface area (Å²) in [6.07, 6.45) is -4.43. The maximum absolute atomic E-state index is 12.8. The molecular formula is C13H14F3N3O2. The van der Waals surface area contributed by atoms with E-state index >= 15 is 0 Å². The predicted octanol–water partition coefficient (Wildman–Crippen LogP) is 2.41. The van der Waals surface area contributed by atoms with E-state index in [1.54, 1.807) is 31.4 Å². The molecule has 0 fully saturated rings. The highest BCUT2D eigenvalue weighted by molar-refractivity contribution is 5.28. The molecule has 0 saturated heterocycles. The average molecular weight is 301 g/mol. The van der Waals surface area contributed by atoms with Gasteiger partial charge < -0.3 is 15.0 Å². The summed E-state index contributed by atoms with van der Waals surface area (Å²) >= 11 is 0. The highest BCUT2D eigenvalue weighted by Crippen LogP contribution is 2.35. The second-order valence-electron chi connectivity index (χ2n) is 4.74. The van der Waals surface area contributed by atoms with Gasteiger partial charge in [0, 0.05) is 6.42 Å². The summed E-state index contributed by atoms with van der Waals surface area (Å²) in [5.41, 5.74) is 3.37. The van der Waals surface area contributed by atoms with Gasteiger partial charge in [-0.3, -0.25) is 0 Å². The van der Waals surface area contributed by atoms with Crippen molar-refractivity contribution < 1.29 is 22.4 Å². The van der Waals surface area contributed by atoms with Gasteiger partial charge in [0.2, 0.25) is 0 Å². The van der Waals surface area contributed by atoms with E-state index < -0.39 is 17.6 Å². The summed E-state index contributed by atoms with van der Waals surface area (Å²) < 4.78 is 48.0. The molecule has 2 N–H and O–H groups in total. The topological polar surface area (TPSA) is 74.2 Å². The van der Waals surface area contributed by atoms with Crippen LogP contribution >= 0.6 is 0 Å². The van der Waals surface area contributed by atoms with Crippen LogP contribution in [0, 0.1) is 0 Å². The number of nitrogens with two attached hydrogens (primary N) is 1. The van der Waals surface area contributed by atoms with Crippen molar-refractivity contribution in [3.8, 4) is 5.75 Å². The van der Waals surface area contributed by atoms with Crippen LogP contribution in [0.4, 0.5) is 13.2 Å². The van der Waals surface area contributed by atoms with Crippen LogP contribution in [0.1, 0.15) is 24.2 Å². The molecule has 114 valence electrons. The Morgan fingerprint density at radius 3 is 2.38 bits per heavy atom. The third-order valence-corrected chi connectivity index (χ3v) is 3.02. The van der Waals surface area contributed by atoms with Crippen LogP contribution in [0.5, 0.6) is 5.75 Å². The van der Waals surface area contributed by atoms with Gasteiger partial charge in [-0.05, 0) is 24.6 Å². The van der Waals surface area contributed by atoms with Gasteiger partial charge in [-0.2, -0.15) is 18.2 Å². The number of alkyl halides is 3. The lowest BCUT2D eigenvalue weighted by Gasteiger charge is -2.22. The minimum atomic E-state index is -4.67. The van der Waals surface area contributed by atoms with Gasteiger partial charge in [-0.25, -0.2) is 0 Å². The second kappa shape index (κ2) is 5.36. The minimum absolute atomic E-state index is 0.135. The first-order chi connectivity index (χ1) is 9.74. The second-order valence-corrected chi connectivity index (χ2v) is 4.74. The van der Waals surface area contributed by atoms with E-state index in [-0.39, 0.29) is 12.2 Å². The number of nitrogens with zero attached hydrogens (tertiary/aromatic N) is 2. The molecule has 1 atom stereocenters. The third kappa shape index (κ3) is 3.15. The van der Waals surface area contributed by atoms with Crippen LogP contribution in [0.2, 0.25) is 0 Å². The van der Waals surface area contributed by atoms with Crippen LogP contribution in [-0.4, -0.2) is 23.4 Å². The van der Waals surface area contributed by atoms with Crippen molar-refractivity contribution >= 4 is 0 Å². The molecule has 21 heavy (non-hydrogen) atoms. The van der Waals surface area contributed by atoms with Gasteiger partial charge in [0.25, 0.3) is 5.89 Å². The number of halogens is 3. The van der Waals surface area contributed by atoms with Crippen molar-refractivity contribution in [1.82, 2.24) is 10.1 Å². The molecule has 0 spiro atoms. The maximum Gasteiger partial charge on any atom is 0.415 e. The van der Waals surface area contributed by atoms with Gasteiger partial charge in [0.1, 0.15) is 5.75 Å². The number of methoxy groups -OCH3 is 1. The molecule has 0 aliphatic carbocycles. The molecule has 8 heteroatoms. The highest BCUT2D eigenvalue weighted by atomic mass is 19.4. The largest absolute Gasteiger partial charge is 0.497 e. The van der Waals surface area contributed by atoms with E-state index in [0.717, 1.165) is 12.5 Å². The van der Waals surface area contributed by atoms with E-state index in [4.69, 9.17) is 10.5 Å². The fraction of sp³-hybridized carbons (Fsp3) is 0.385. The molecule has 0 aliphatic rings. The summed E-state index contributed by atoms with van der Waals surface area (Å²) in [7, 11) is 1.54. The zero-order valence-corrected chi connectivity index (χ0v) is 11.4. The third-order valence-electron chi connectivity index (χ3n) is 3.02. The Bertz CT molecular complexity index is 606. The summed E-state index contributed by atoms with van der Waals surface area (Å²) in [6.45, 7) is 0.789. The van der Waals surface area contributed by atoms with Crippen molar-refractivity contribution in [3.63, 3.8) is 0 Å². The molecule has 0 amide bonds. The van der Waals surface area contributed by atoms with E-state index in [1.807, 2.05) is 0 Å². The normalized spacial score (nSPS) is 14.8. The monoisotopic (exact) mass is 301 g/mol. The summed E-state index contributed by atoms with van der Waals surface area (Å²) in [6, 6.07) is 7.00. The van der Waals surface area contributed by atoms with Crippen molar-refractivity contribution in [1.29, 1.82) is 0 Å². The van der Waals surface area contributed by atoms with Gasteiger partial charge in [-0.1, -0.05) is 17.3 Å². The molecule has 5 nitrogen and oxygen atoms in total. The molecule has 0 bridgehead atoms. The Balaban J connectivity index is 2.16. The molecule has 2 rings (SSSR count). The van der Waals surface area contributed by atoms with Crippen molar-refractivity contribution in [2.75, 3.05) is 7.11 Å². The quantitative estimate of drug-likeness (QED) is 0.938. The summed E-state index contributed by atoms with van der Waals surface area (Å²) in [5, 5.41) is 3.54.